The first-order chi connectivity index (χ1) is 17.4. The van der Waals surface area contributed by atoms with Gasteiger partial charge in [-0.3, -0.25) is 9.69 Å². The van der Waals surface area contributed by atoms with E-state index in [1.54, 1.807) is 42.5 Å². The number of amides is 1. The first-order valence-electron chi connectivity index (χ1n) is 12.8. The van der Waals surface area contributed by atoms with Gasteiger partial charge in [0.1, 0.15) is 11.9 Å². The highest BCUT2D eigenvalue weighted by molar-refractivity contribution is 6.35. The van der Waals surface area contributed by atoms with E-state index in [0.717, 1.165) is 51.7 Å². The van der Waals surface area contributed by atoms with Crippen molar-refractivity contribution >= 4 is 35.1 Å². The lowest BCUT2D eigenvalue weighted by Crippen LogP contribution is -2.41. The summed E-state index contributed by atoms with van der Waals surface area (Å²) in [5, 5.41) is 0.940. The summed E-state index contributed by atoms with van der Waals surface area (Å²) in [5.74, 6) is 0.923. The van der Waals surface area contributed by atoms with Crippen LogP contribution in [-0.2, 0) is 4.74 Å². The monoisotopic (exact) mass is 534 g/mol. The molecule has 1 aliphatic heterocycles. The number of rotatable bonds is 13. The first kappa shape index (κ1) is 28.3. The van der Waals surface area contributed by atoms with Crippen molar-refractivity contribution in [2.75, 3.05) is 26.2 Å². The average Bonchev–Trinajstić information content (AvgIpc) is 2.86. The molecule has 1 fully saturated rings. The Hall–Kier alpha value is -2.28. The molecule has 0 spiro atoms. The minimum absolute atomic E-state index is 0.150. The summed E-state index contributed by atoms with van der Waals surface area (Å²) in [4.78, 5) is 26.4. The highest BCUT2D eigenvalue weighted by atomic mass is 35.5. The number of nitrogens with two attached hydrogens (primary N) is 1. The number of hydrogen-bond acceptors (Lipinski definition) is 5. The van der Waals surface area contributed by atoms with E-state index in [1.807, 2.05) is 0 Å². The fourth-order valence-electron chi connectivity index (χ4n) is 4.51. The van der Waals surface area contributed by atoms with E-state index >= 15 is 0 Å². The maximum atomic E-state index is 12.7. The number of benzene rings is 2. The Bertz CT molecular complexity index is 992. The zero-order chi connectivity index (χ0) is 25.9. The van der Waals surface area contributed by atoms with Gasteiger partial charge in [0.25, 0.3) is 0 Å². The van der Waals surface area contributed by atoms with Gasteiger partial charge in [-0.05, 0) is 87.2 Å². The molecule has 36 heavy (non-hydrogen) atoms. The summed E-state index contributed by atoms with van der Waals surface area (Å²) in [6.45, 7) is 5.35. The summed E-state index contributed by atoms with van der Waals surface area (Å²) in [7, 11) is 0. The van der Waals surface area contributed by atoms with Crippen LogP contribution in [0.2, 0.25) is 10.0 Å². The second-order valence-corrected chi connectivity index (χ2v) is 10.3. The number of piperidine rings is 1. The van der Waals surface area contributed by atoms with Crippen molar-refractivity contribution in [1.82, 2.24) is 4.90 Å². The molecule has 0 bridgehead atoms. The van der Waals surface area contributed by atoms with Crippen molar-refractivity contribution in [1.29, 1.82) is 0 Å². The summed E-state index contributed by atoms with van der Waals surface area (Å²) in [6.07, 6.45) is 6.57. The summed E-state index contributed by atoms with van der Waals surface area (Å²) in [6, 6.07) is 11.9. The van der Waals surface area contributed by atoms with Crippen LogP contribution >= 0.6 is 23.2 Å². The number of ketones is 1. The molecule has 1 aliphatic rings. The molecule has 8 heteroatoms. The van der Waals surface area contributed by atoms with E-state index in [-0.39, 0.29) is 11.9 Å². The summed E-state index contributed by atoms with van der Waals surface area (Å²) in [5.41, 5.74) is 6.25. The molecule has 0 unspecified atom stereocenters. The van der Waals surface area contributed by atoms with Crippen LogP contribution < -0.4 is 10.5 Å². The molecule has 0 radical (unpaired) electrons. The fraction of sp³-hybridized carbons (Fsp3) is 0.500. The van der Waals surface area contributed by atoms with Crippen molar-refractivity contribution in [3.05, 3.63) is 63.6 Å². The van der Waals surface area contributed by atoms with Gasteiger partial charge in [0.05, 0.1) is 11.6 Å². The maximum Gasteiger partial charge on any atom is 0.404 e. The van der Waals surface area contributed by atoms with Gasteiger partial charge < -0.3 is 15.2 Å². The highest BCUT2D eigenvalue weighted by Gasteiger charge is 2.24. The molecule has 0 aromatic heterocycles. The molecule has 2 aromatic carbocycles. The lowest BCUT2D eigenvalue weighted by atomic mass is 9.97. The van der Waals surface area contributed by atoms with E-state index in [0.29, 0.717) is 39.4 Å². The Labute approximate surface area is 224 Å². The standard InChI is InChI=1S/C28H36Cl2N2O4/c1-2-3-4-5-6-24(36-28(31)34)18-32-15-13-20(14-16-32)19-35-23-11-12-25(26(30)17-23)27(33)21-7-9-22(29)10-8-21/h7-12,17,20,24H,2-6,13-16,18-19H2,1H3,(H2,31,34)/t24-/m0/s1. The van der Waals surface area contributed by atoms with Crippen molar-refractivity contribution < 1.29 is 19.1 Å². The molecule has 0 saturated carbocycles. The largest absolute Gasteiger partial charge is 0.493 e. The summed E-state index contributed by atoms with van der Waals surface area (Å²) < 4.78 is 11.4. The molecular weight excluding hydrogens is 499 g/mol. The number of nitrogens with zero attached hydrogens (tertiary/aromatic N) is 1. The van der Waals surface area contributed by atoms with Gasteiger partial charge in [-0.15, -0.1) is 0 Å². The van der Waals surface area contributed by atoms with E-state index in [9.17, 15) is 9.59 Å². The summed E-state index contributed by atoms with van der Waals surface area (Å²) >= 11 is 12.3. The normalized spacial score (nSPS) is 15.4. The molecule has 1 heterocycles. The van der Waals surface area contributed by atoms with Crippen LogP contribution in [0, 0.1) is 5.92 Å². The number of ether oxygens (including phenoxy) is 2. The topological polar surface area (TPSA) is 81.9 Å². The second kappa shape index (κ2) is 14.5. The maximum absolute atomic E-state index is 12.7. The van der Waals surface area contributed by atoms with Crippen LogP contribution in [0.3, 0.4) is 0 Å². The van der Waals surface area contributed by atoms with E-state index < -0.39 is 6.09 Å². The van der Waals surface area contributed by atoms with Crippen LogP contribution in [-0.4, -0.2) is 49.1 Å². The van der Waals surface area contributed by atoms with Crippen LogP contribution in [0.25, 0.3) is 0 Å². The third-order valence-electron chi connectivity index (χ3n) is 6.61. The van der Waals surface area contributed by atoms with Crippen LogP contribution in [0.4, 0.5) is 4.79 Å². The van der Waals surface area contributed by atoms with Crippen LogP contribution in [0.1, 0.15) is 67.8 Å². The first-order valence-corrected chi connectivity index (χ1v) is 13.5. The third-order valence-corrected chi connectivity index (χ3v) is 7.17. The lowest BCUT2D eigenvalue weighted by Gasteiger charge is -2.33. The zero-order valence-corrected chi connectivity index (χ0v) is 22.4. The predicted octanol–water partition coefficient (Wildman–Crippen LogP) is 6.75. The van der Waals surface area contributed by atoms with Gasteiger partial charge in [0.2, 0.25) is 0 Å². The van der Waals surface area contributed by atoms with Crippen molar-refractivity contribution in [2.24, 2.45) is 11.7 Å². The Balaban J connectivity index is 1.44. The minimum atomic E-state index is -0.696. The second-order valence-electron chi connectivity index (χ2n) is 9.44. The number of hydrogen-bond donors (Lipinski definition) is 1. The van der Waals surface area contributed by atoms with Crippen LogP contribution in [0.15, 0.2) is 42.5 Å². The molecule has 196 valence electrons. The number of carbonyl (C=O) groups excluding carboxylic acids is 2. The average molecular weight is 536 g/mol. The van der Waals surface area contributed by atoms with Gasteiger partial charge in [-0.25, -0.2) is 4.79 Å². The molecule has 1 atom stereocenters. The van der Waals surface area contributed by atoms with Gasteiger partial charge in [0, 0.05) is 22.7 Å². The Morgan fingerprint density at radius 2 is 1.78 bits per heavy atom. The Kier molecular flexibility index (Phi) is 11.4. The van der Waals surface area contributed by atoms with E-state index in [4.69, 9.17) is 38.4 Å². The lowest BCUT2D eigenvalue weighted by molar-refractivity contribution is 0.0537. The molecule has 3 rings (SSSR count). The minimum Gasteiger partial charge on any atom is -0.493 e. The fourth-order valence-corrected chi connectivity index (χ4v) is 4.90. The number of unbranched alkanes of at least 4 members (excludes halogenated alkanes) is 3. The van der Waals surface area contributed by atoms with Gasteiger partial charge in [0.15, 0.2) is 5.78 Å². The van der Waals surface area contributed by atoms with Gasteiger partial charge >= 0.3 is 6.09 Å². The SMILES string of the molecule is CCCCCC[C@@H](CN1CCC(COc2ccc(C(=O)c3ccc(Cl)cc3)c(Cl)c2)CC1)OC(N)=O. The molecule has 2 aromatic rings. The molecule has 1 amide bonds. The molecule has 0 aliphatic carbocycles. The Morgan fingerprint density at radius 1 is 1.06 bits per heavy atom. The quantitative estimate of drug-likeness (QED) is 0.227. The predicted molar refractivity (Wildman–Crippen MR) is 144 cm³/mol. The smallest absolute Gasteiger partial charge is 0.404 e. The number of carbonyl (C=O) groups is 2. The van der Waals surface area contributed by atoms with Crippen molar-refractivity contribution in [3.63, 3.8) is 0 Å². The molecular formula is C28H36Cl2N2O4. The molecule has 1 saturated heterocycles. The number of primary amides is 1. The number of halogens is 2. The van der Waals surface area contributed by atoms with Gasteiger partial charge in [-0.1, -0.05) is 49.4 Å². The third kappa shape index (κ3) is 8.99. The highest BCUT2D eigenvalue weighted by Crippen LogP contribution is 2.27. The zero-order valence-electron chi connectivity index (χ0n) is 20.9. The van der Waals surface area contributed by atoms with Gasteiger partial charge in [-0.2, -0.15) is 0 Å². The van der Waals surface area contributed by atoms with Crippen LogP contribution in [0.5, 0.6) is 5.75 Å². The number of likely N-dealkylation sites (tertiary alicyclic amines) is 1. The van der Waals surface area contributed by atoms with E-state index in [1.165, 1.54) is 12.8 Å². The molecule has 2 N–H and O–H groups in total. The Morgan fingerprint density at radius 3 is 2.42 bits per heavy atom. The molecule has 6 nitrogen and oxygen atoms in total. The van der Waals surface area contributed by atoms with Crippen molar-refractivity contribution in [3.8, 4) is 5.75 Å². The van der Waals surface area contributed by atoms with E-state index in [2.05, 4.69) is 11.8 Å². The van der Waals surface area contributed by atoms with Crippen molar-refractivity contribution in [2.45, 2.75) is 58.0 Å².